The lowest BCUT2D eigenvalue weighted by Crippen LogP contribution is -2.35. The van der Waals surface area contributed by atoms with Crippen LogP contribution in [0.2, 0.25) is 0 Å². The highest BCUT2D eigenvalue weighted by Gasteiger charge is 2.20. The summed E-state index contributed by atoms with van der Waals surface area (Å²) in [5, 5.41) is 16.0. The first-order valence-corrected chi connectivity index (χ1v) is 6.68. The highest BCUT2D eigenvalue weighted by Crippen LogP contribution is 2.18. The molecular formula is C15H18FN3O2. The maximum Gasteiger partial charge on any atom is 0.255 e. The number of benzene rings is 1. The average molecular weight is 291 g/mol. The van der Waals surface area contributed by atoms with Gasteiger partial charge in [-0.2, -0.15) is 5.10 Å². The molecule has 6 heteroatoms. The molecule has 1 amide bonds. The maximum atomic E-state index is 13.0. The van der Waals surface area contributed by atoms with Crippen molar-refractivity contribution in [3.8, 4) is 5.69 Å². The van der Waals surface area contributed by atoms with E-state index >= 15 is 0 Å². The van der Waals surface area contributed by atoms with Crippen molar-refractivity contribution < 1.29 is 14.3 Å². The van der Waals surface area contributed by atoms with E-state index in [2.05, 4.69) is 10.4 Å². The van der Waals surface area contributed by atoms with E-state index in [-0.39, 0.29) is 24.4 Å². The predicted octanol–water partition coefficient (Wildman–Crippen LogP) is 1.74. The van der Waals surface area contributed by atoms with Crippen molar-refractivity contribution in [2.24, 2.45) is 0 Å². The van der Waals surface area contributed by atoms with Gasteiger partial charge in [-0.05, 0) is 45.0 Å². The first-order chi connectivity index (χ1) is 9.93. The Morgan fingerprint density at radius 2 is 2.00 bits per heavy atom. The number of aromatic nitrogens is 2. The Kier molecular flexibility index (Phi) is 4.37. The van der Waals surface area contributed by atoms with Crippen molar-refractivity contribution in [1.29, 1.82) is 0 Å². The van der Waals surface area contributed by atoms with Crippen LogP contribution in [0, 0.1) is 19.7 Å². The molecule has 2 N–H and O–H groups in total. The number of hydrogen-bond donors (Lipinski definition) is 2. The second-order valence-electron chi connectivity index (χ2n) is 4.99. The van der Waals surface area contributed by atoms with Crippen LogP contribution in [0.3, 0.4) is 0 Å². The number of aliphatic hydroxyl groups excluding tert-OH is 1. The van der Waals surface area contributed by atoms with Crippen LogP contribution in [0.1, 0.15) is 28.7 Å². The second-order valence-corrected chi connectivity index (χ2v) is 4.99. The number of carbonyl (C=O) groups is 1. The Morgan fingerprint density at radius 1 is 1.38 bits per heavy atom. The zero-order valence-corrected chi connectivity index (χ0v) is 12.2. The highest BCUT2D eigenvalue weighted by atomic mass is 19.1. The minimum Gasteiger partial charge on any atom is -0.394 e. The Bertz CT molecular complexity index is 650. The number of amides is 1. The van der Waals surface area contributed by atoms with Crippen LogP contribution in [-0.4, -0.2) is 33.4 Å². The van der Waals surface area contributed by atoms with Gasteiger partial charge in [0.1, 0.15) is 5.82 Å². The molecule has 2 aromatic rings. The highest BCUT2D eigenvalue weighted by molar-refractivity contribution is 5.96. The molecule has 0 radical (unpaired) electrons. The third-order valence-corrected chi connectivity index (χ3v) is 3.24. The minimum absolute atomic E-state index is 0.129. The third-order valence-electron chi connectivity index (χ3n) is 3.24. The van der Waals surface area contributed by atoms with E-state index in [0.717, 1.165) is 0 Å². The van der Waals surface area contributed by atoms with Gasteiger partial charge in [0.2, 0.25) is 0 Å². The average Bonchev–Trinajstić information content (AvgIpc) is 2.74. The molecule has 0 saturated heterocycles. The van der Waals surface area contributed by atoms with E-state index in [1.54, 1.807) is 37.6 Å². The van der Waals surface area contributed by atoms with E-state index < -0.39 is 0 Å². The van der Waals surface area contributed by atoms with Crippen molar-refractivity contribution in [3.05, 3.63) is 47.0 Å². The van der Waals surface area contributed by atoms with E-state index in [9.17, 15) is 9.18 Å². The summed E-state index contributed by atoms with van der Waals surface area (Å²) in [5.74, 6) is -0.602. The van der Waals surface area contributed by atoms with E-state index in [0.29, 0.717) is 22.6 Å². The number of aryl methyl sites for hydroxylation is 1. The first kappa shape index (κ1) is 15.2. The molecule has 0 aliphatic heterocycles. The molecule has 1 atom stereocenters. The number of nitrogens with zero attached hydrogens (tertiary/aromatic N) is 2. The van der Waals surface area contributed by atoms with Crippen LogP contribution in [0.5, 0.6) is 0 Å². The van der Waals surface area contributed by atoms with Crippen LogP contribution in [0.25, 0.3) is 5.69 Å². The normalized spacial score (nSPS) is 12.2. The lowest BCUT2D eigenvalue weighted by atomic mass is 10.1. The van der Waals surface area contributed by atoms with Crippen molar-refractivity contribution in [2.45, 2.75) is 26.8 Å². The molecule has 112 valence electrons. The molecule has 2 rings (SSSR count). The summed E-state index contributed by atoms with van der Waals surface area (Å²) in [5.41, 5.74) is 2.41. The second kappa shape index (κ2) is 6.05. The van der Waals surface area contributed by atoms with Gasteiger partial charge in [-0.15, -0.1) is 0 Å². The molecule has 0 saturated carbocycles. The molecule has 5 nitrogen and oxygen atoms in total. The monoisotopic (exact) mass is 291 g/mol. The number of aliphatic hydroxyl groups is 1. The van der Waals surface area contributed by atoms with Gasteiger partial charge in [0.15, 0.2) is 0 Å². The fraction of sp³-hybridized carbons (Fsp3) is 0.333. The van der Waals surface area contributed by atoms with Crippen molar-refractivity contribution in [1.82, 2.24) is 15.1 Å². The Morgan fingerprint density at radius 3 is 2.57 bits per heavy atom. The number of halogens is 1. The van der Waals surface area contributed by atoms with Gasteiger partial charge in [0.25, 0.3) is 5.91 Å². The summed E-state index contributed by atoms with van der Waals surface area (Å²) in [6.07, 6.45) is 0. The number of rotatable bonds is 4. The Hall–Kier alpha value is -2.21. The quantitative estimate of drug-likeness (QED) is 0.901. The molecule has 0 aliphatic rings. The van der Waals surface area contributed by atoms with Crippen molar-refractivity contribution in [2.75, 3.05) is 6.61 Å². The van der Waals surface area contributed by atoms with Gasteiger partial charge in [-0.1, -0.05) is 0 Å². The van der Waals surface area contributed by atoms with Crippen LogP contribution in [-0.2, 0) is 0 Å². The summed E-state index contributed by atoms with van der Waals surface area (Å²) in [7, 11) is 0. The molecule has 0 aliphatic carbocycles. The van der Waals surface area contributed by atoms with Crippen LogP contribution < -0.4 is 5.32 Å². The first-order valence-electron chi connectivity index (χ1n) is 6.68. The molecule has 21 heavy (non-hydrogen) atoms. The van der Waals surface area contributed by atoms with Gasteiger partial charge in [0.05, 0.1) is 29.2 Å². The smallest absolute Gasteiger partial charge is 0.255 e. The SMILES string of the molecule is Cc1nn(-c2ccc(F)cc2)c(C)c1C(=O)NC(C)CO. The zero-order valence-electron chi connectivity index (χ0n) is 12.2. The molecular weight excluding hydrogens is 273 g/mol. The standard InChI is InChI=1S/C15H18FN3O2/c1-9(8-20)17-15(21)14-10(2)18-19(11(14)3)13-6-4-12(16)5-7-13/h4-7,9,20H,8H2,1-3H3,(H,17,21). The molecule has 1 aromatic heterocycles. The summed E-state index contributed by atoms with van der Waals surface area (Å²) in [4.78, 5) is 12.2. The molecule has 1 aromatic carbocycles. The van der Waals surface area contributed by atoms with Crippen LogP contribution in [0.4, 0.5) is 4.39 Å². The maximum absolute atomic E-state index is 13.0. The fourth-order valence-electron chi connectivity index (χ4n) is 2.15. The van der Waals surface area contributed by atoms with Gasteiger partial charge in [-0.3, -0.25) is 4.79 Å². The number of hydrogen-bond acceptors (Lipinski definition) is 3. The Balaban J connectivity index is 2.37. The molecule has 0 fully saturated rings. The lowest BCUT2D eigenvalue weighted by molar-refractivity contribution is 0.0921. The van der Waals surface area contributed by atoms with Gasteiger partial charge >= 0.3 is 0 Å². The van der Waals surface area contributed by atoms with Crippen molar-refractivity contribution in [3.63, 3.8) is 0 Å². The van der Waals surface area contributed by atoms with Gasteiger partial charge in [0, 0.05) is 6.04 Å². The Labute approximate surface area is 122 Å². The fourth-order valence-corrected chi connectivity index (χ4v) is 2.15. The largest absolute Gasteiger partial charge is 0.394 e. The van der Waals surface area contributed by atoms with Crippen LogP contribution >= 0.6 is 0 Å². The van der Waals surface area contributed by atoms with Crippen molar-refractivity contribution >= 4 is 5.91 Å². The van der Waals surface area contributed by atoms with Crippen LogP contribution in [0.15, 0.2) is 24.3 Å². The van der Waals surface area contributed by atoms with E-state index in [1.165, 1.54) is 12.1 Å². The van der Waals surface area contributed by atoms with Gasteiger partial charge in [-0.25, -0.2) is 9.07 Å². The molecule has 1 unspecified atom stereocenters. The number of carbonyl (C=O) groups excluding carboxylic acids is 1. The number of nitrogens with one attached hydrogen (secondary N) is 1. The molecule has 1 heterocycles. The summed E-state index contributed by atoms with van der Waals surface area (Å²) in [6.45, 7) is 5.11. The minimum atomic E-state index is -0.328. The lowest BCUT2D eigenvalue weighted by Gasteiger charge is -2.11. The molecule has 0 spiro atoms. The van der Waals surface area contributed by atoms with E-state index in [1.807, 2.05) is 0 Å². The van der Waals surface area contributed by atoms with E-state index in [4.69, 9.17) is 5.11 Å². The predicted molar refractivity (Wildman–Crippen MR) is 77.0 cm³/mol. The summed E-state index contributed by atoms with van der Waals surface area (Å²) < 4.78 is 14.6. The zero-order chi connectivity index (χ0) is 15.6. The van der Waals surface area contributed by atoms with Gasteiger partial charge < -0.3 is 10.4 Å². The summed E-state index contributed by atoms with van der Waals surface area (Å²) >= 11 is 0. The topological polar surface area (TPSA) is 67.2 Å². The summed E-state index contributed by atoms with van der Waals surface area (Å²) in [6, 6.07) is 5.57. The molecule has 0 bridgehead atoms. The third kappa shape index (κ3) is 3.11.